The molecule has 1 aliphatic carbocycles. The van der Waals surface area contributed by atoms with Crippen molar-refractivity contribution in [3.63, 3.8) is 0 Å². The Morgan fingerprint density at radius 1 is 0.900 bits per heavy atom. The quantitative estimate of drug-likeness (QED) is 0.285. The van der Waals surface area contributed by atoms with Crippen molar-refractivity contribution in [1.82, 2.24) is 0 Å². The number of allylic oxidation sites excluding steroid dienone is 5. The SMILES string of the molecule is CC1(C)C(C=C/C=C2/N(CCO)c3ccc(S(=O)(=O)[O-])cc3C2(C)C)=C(CCO)c2ccc(S(=O)(=O)O)cc21.[K+]. The minimum absolute atomic E-state index is 0. The van der Waals surface area contributed by atoms with Crippen molar-refractivity contribution in [2.45, 2.75) is 54.7 Å². The molecule has 0 aromatic heterocycles. The van der Waals surface area contributed by atoms with Crippen molar-refractivity contribution >= 4 is 31.5 Å². The van der Waals surface area contributed by atoms with Crippen molar-refractivity contribution in [3.8, 4) is 0 Å². The summed E-state index contributed by atoms with van der Waals surface area (Å²) in [5.41, 5.74) is 4.08. The molecule has 4 rings (SSSR count). The van der Waals surface area contributed by atoms with E-state index in [2.05, 4.69) is 0 Å². The number of anilines is 1. The molecule has 1 heterocycles. The number of hydrogen-bond acceptors (Lipinski definition) is 8. The largest absolute Gasteiger partial charge is 1.00 e. The van der Waals surface area contributed by atoms with E-state index < -0.39 is 31.1 Å². The fourth-order valence-electron chi connectivity index (χ4n) is 5.71. The van der Waals surface area contributed by atoms with E-state index in [0.717, 1.165) is 28.0 Å². The first-order chi connectivity index (χ1) is 18.0. The van der Waals surface area contributed by atoms with Crippen LogP contribution >= 0.6 is 0 Å². The number of aliphatic hydroxyl groups is 2. The van der Waals surface area contributed by atoms with Crippen molar-refractivity contribution in [2.24, 2.45) is 0 Å². The van der Waals surface area contributed by atoms with Crippen LogP contribution in [0.3, 0.4) is 0 Å². The van der Waals surface area contributed by atoms with E-state index in [9.17, 15) is 36.2 Å². The molecular formula is C28H32KNO8S2. The maximum absolute atomic E-state index is 11.8. The van der Waals surface area contributed by atoms with Crippen LogP contribution in [0, 0.1) is 0 Å². The maximum atomic E-state index is 11.8. The van der Waals surface area contributed by atoms with Gasteiger partial charge in [0.05, 0.1) is 16.4 Å². The van der Waals surface area contributed by atoms with Crippen LogP contribution in [0.4, 0.5) is 5.69 Å². The van der Waals surface area contributed by atoms with E-state index in [4.69, 9.17) is 0 Å². The van der Waals surface area contributed by atoms with Crippen molar-refractivity contribution in [1.29, 1.82) is 0 Å². The fraction of sp³-hybridized carbons (Fsp3) is 0.357. The van der Waals surface area contributed by atoms with Crippen LogP contribution in [0.25, 0.3) is 5.57 Å². The smallest absolute Gasteiger partial charge is 0.744 e. The number of nitrogens with zero attached hydrogens (tertiary/aromatic N) is 1. The Bertz CT molecular complexity index is 1640. The van der Waals surface area contributed by atoms with E-state index in [1.54, 1.807) is 12.1 Å². The Labute approximate surface area is 278 Å². The minimum atomic E-state index is -4.64. The zero-order chi connectivity index (χ0) is 29.0. The third kappa shape index (κ3) is 5.99. The summed E-state index contributed by atoms with van der Waals surface area (Å²) in [6, 6.07) is 8.68. The Hall–Kier alpha value is -1.16. The minimum Gasteiger partial charge on any atom is -0.744 e. The number of fused-ring (bicyclic) bond motifs is 2. The van der Waals surface area contributed by atoms with Gasteiger partial charge in [-0.2, -0.15) is 8.42 Å². The Morgan fingerprint density at radius 2 is 1.52 bits per heavy atom. The van der Waals surface area contributed by atoms with Gasteiger partial charge in [0.2, 0.25) is 0 Å². The zero-order valence-electron chi connectivity index (χ0n) is 23.2. The van der Waals surface area contributed by atoms with Crippen LogP contribution in [0.15, 0.2) is 75.7 Å². The normalized spacial score (nSPS) is 18.8. The third-order valence-electron chi connectivity index (χ3n) is 7.64. The molecule has 0 bridgehead atoms. The third-order valence-corrected chi connectivity index (χ3v) is 9.32. The molecule has 0 saturated carbocycles. The van der Waals surface area contributed by atoms with Gasteiger partial charge in [-0.3, -0.25) is 4.55 Å². The predicted octanol–water partition coefficient (Wildman–Crippen LogP) is 0.499. The second-order valence-corrected chi connectivity index (χ2v) is 13.5. The summed E-state index contributed by atoms with van der Waals surface area (Å²) >= 11 is 0. The standard InChI is InChI=1S/C28H33NO8S2.K/c1-27(2)22(21(12-14-30)20-10-8-18(16-23(20)27)38(32,33)34)6-5-7-26-28(3,4)24-17-19(39(35,36)37)9-11-25(24)29(26)13-15-31;/h5-11,16-17,30-31H,12-15H2,1-4H3,(H,32,33,34)(H,35,36,37);/q;+1/p-1/b6-5?,26-7+;. The van der Waals surface area contributed by atoms with Gasteiger partial charge < -0.3 is 19.7 Å². The molecule has 0 atom stereocenters. The van der Waals surface area contributed by atoms with E-state index >= 15 is 0 Å². The van der Waals surface area contributed by atoms with Gasteiger partial charge in [0.25, 0.3) is 10.1 Å². The van der Waals surface area contributed by atoms with Gasteiger partial charge in [0.1, 0.15) is 10.1 Å². The van der Waals surface area contributed by atoms with E-state index in [-0.39, 0.29) is 80.9 Å². The summed E-state index contributed by atoms with van der Waals surface area (Å²) in [5, 5.41) is 19.5. The Balaban J connectivity index is 0.00000441. The average Bonchev–Trinajstić information content (AvgIpc) is 3.17. The summed E-state index contributed by atoms with van der Waals surface area (Å²) in [6.07, 6.45) is 5.95. The van der Waals surface area contributed by atoms with Gasteiger partial charge in [-0.1, -0.05) is 45.9 Å². The molecule has 0 radical (unpaired) electrons. The number of β-amino-alcohol motifs (C(OH)–C–C–N with tert-alkyl or cyclic N) is 1. The molecule has 9 nitrogen and oxygen atoms in total. The molecule has 0 amide bonds. The Morgan fingerprint density at radius 3 is 2.10 bits per heavy atom. The van der Waals surface area contributed by atoms with Crippen LogP contribution in [0.5, 0.6) is 0 Å². The van der Waals surface area contributed by atoms with Crippen molar-refractivity contribution in [2.75, 3.05) is 24.7 Å². The van der Waals surface area contributed by atoms with Gasteiger partial charge in [-0.25, -0.2) is 8.42 Å². The first-order valence-electron chi connectivity index (χ1n) is 12.4. The van der Waals surface area contributed by atoms with Gasteiger partial charge in [-0.15, -0.1) is 0 Å². The molecule has 2 aromatic rings. The summed E-state index contributed by atoms with van der Waals surface area (Å²) in [6.45, 7) is 7.69. The first-order valence-corrected chi connectivity index (χ1v) is 15.2. The molecule has 0 fully saturated rings. The van der Waals surface area contributed by atoms with Crippen LogP contribution < -0.4 is 56.3 Å². The van der Waals surface area contributed by atoms with Crippen LogP contribution in [-0.2, 0) is 31.1 Å². The maximum Gasteiger partial charge on any atom is 1.00 e. The second kappa shape index (κ2) is 11.8. The van der Waals surface area contributed by atoms with Crippen LogP contribution in [0.1, 0.15) is 50.8 Å². The molecule has 2 aromatic carbocycles. The van der Waals surface area contributed by atoms with E-state index in [1.165, 1.54) is 24.3 Å². The number of rotatable bonds is 8. The summed E-state index contributed by atoms with van der Waals surface area (Å²) in [7, 11) is -9.04. The van der Waals surface area contributed by atoms with E-state index in [1.807, 2.05) is 50.8 Å². The monoisotopic (exact) mass is 613 g/mol. The van der Waals surface area contributed by atoms with Gasteiger partial charge in [0.15, 0.2) is 0 Å². The van der Waals surface area contributed by atoms with Crippen molar-refractivity contribution < 1.29 is 87.5 Å². The molecule has 12 heteroatoms. The summed E-state index contributed by atoms with van der Waals surface area (Å²) in [5.74, 6) is 0. The molecule has 2 aliphatic rings. The molecule has 0 spiro atoms. The Kier molecular flexibility index (Phi) is 9.87. The predicted molar refractivity (Wildman–Crippen MR) is 147 cm³/mol. The topological polar surface area (TPSA) is 155 Å². The molecule has 0 unspecified atom stereocenters. The molecule has 3 N–H and O–H groups in total. The summed E-state index contributed by atoms with van der Waals surface area (Å²) in [4.78, 5) is 1.37. The second-order valence-electron chi connectivity index (χ2n) is 10.7. The van der Waals surface area contributed by atoms with E-state index in [0.29, 0.717) is 17.7 Å². The van der Waals surface area contributed by atoms with Gasteiger partial charge >= 0.3 is 51.4 Å². The molecule has 0 saturated heterocycles. The average molecular weight is 614 g/mol. The summed E-state index contributed by atoms with van der Waals surface area (Å²) < 4.78 is 68.1. The number of benzene rings is 2. The molecule has 1 aliphatic heterocycles. The first kappa shape index (κ1) is 33.3. The van der Waals surface area contributed by atoms with Crippen LogP contribution in [0.2, 0.25) is 0 Å². The number of hydrogen-bond donors (Lipinski definition) is 3. The molecule has 40 heavy (non-hydrogen) atoms. The van der Waals surface area contributed by atoms with Gasteiger partial charge in [0, 0.05) is 35.4 Å². The van der Waals surface area contributed by atoms with Crippen LogP contribution in [-0.4, -0.2) is 55.9 Å². The number of aliphatic hydroxyl groups excluding tert-OH is 2. The van der Waals surface area contributed by atoms with Gasteiger partial charge in [-0.05, 0) is 70.7 Å². The molecule has 210 valence electrons. The van der Waals surface area contributed by atoms with Crippen molar-refractivity contribution in [3.05, 3.63) is 82.6 Å². The molecular weight excluding hydrogens is 582 g/mol. The zero-order valence-corrected chi connectivity index (χ0v) is 27.9. The fourth-order valence-corrected chi connectivity index (χ4v) is 6.71.